The summed E-state index contributed by atoms with van der Waals surface area (Å²) in [4.78, 5) is 11.4. The molecule has 0 saturated carbocycles. The van der Waals surface area contributed by atoms with E-state index in [2.05, 4.69) is 10.2 Å². The van der Waals surface area contributed by atoms with Crippen LogP contribution in [0.15, 0.2) is 6.33 Å². The van der Waals surface area contributed by atoms with Gasteiger partial charge in [-0.1, -0.05) is 13.8 Å². The minimum Gasteiger partial charge on any atom is -0.481 e. The van der Waals surface area contributed by atoms with Gasteiger partial charge in [-0.2, -0.15) is 0 Å². The fourth-order valence-electron chi connectivity index (χ4n) is 1.86. The highest BCUT2D eigenvalue weighted by Gasteiger charge is 2.36. The van der Waals surface area contributed by atoms with Gasteiger partial charge in [0.2, 0.25) is 0 Å². The quantitative estimate of drug-likeness (QED) is 0.800. The van der Waals surface area contributed by atoms with E-state index in [0.29, 0.717) is 19.3 Å². The fourth-order valence-corrected chi connectivity index (χ4v) is 1.86. The zero-order valence-electron chi connectivity index (χ0n) is 10.1. The van der Waals surface area contributed by atoms with Crippen LogP contribution >= 0.6 is 0 Å². The number of rotatable bonds is 6. The van der Waals surface area contributed by atoms with Crippen molar-refractivity contribution in [3.05, 3.63) is 12.2 Å². The van der Waals surface area contributed by atoms with Gasteiger partial charge in [0.25, 0.3) is 0 Å². The Labute approximate surface area is 95.5 Å². The SMILES string of the molecule is CCn1cnnc1CC(CC)(CC)C(=O)O. The highest BCUT2D eigenvalue weighted by molar-refractivity contribution is 5.74. The highest BCUT2D eigenvalue weighted by atomic mass is 16.4. The molecule has 0 atom stereocenters. The van der Waals surface area contributed by atoms with Crippen molar-refractivity contribution in [3.63, 3.8) is 0 Å². The lowest BCUT2D eigenvalue weighted by Crippen LogP contribution is -2.33. The molecule has 1 aromatic heterocycles. The molecule has 0 bridgehead atoms. The number of hydrogen-bond donors (Lipinski definition) is 1. The summed E-state index contributed by atoms with van der Waals surface area (Å²) in [6, 6.07) is 0. The predicted molar refractivity (Wildman–Crippen MR) is 60.1 cm³/mol. The molecule has 1 N–H and O–H groups in total. The second-order valence-electron chi connectivity index (χ2n) is 4.00. The first-order chi connectivity index (χ1) is 7.59. The van der Waals surface area contributed by atoms with Crippen molar-refractivity contribution in [1.29, 1.82) is 0 Å². The number of aryl methyl sites for hydroxylation is 1. The van der Waals surface area contributed by atoms with Gasteiger partial charge >= 0.3 is 5.97 Å². The zero-order chi connectivity index (χ0) is 12.2. The van der Waals surface area contributed by atoms with Gasteiger partial charge in [0, 0.05) is 13.0 Å². The van der Waals surface area contributed by atoms with Crippen LogP contribution in [0.25, 0.3) is 0 Å². The Kier molecular flexibility index (Phi) is 4.04. The lowest BCUT2D eigenvalue weighted by molar-refractivity contribution is -0.149. The number of aliphatic carboxylic acids is 1. The van der Waals surface area contributed by atoms with E-state index in [4.69, 9.17) is 0 Å². The molecule has 0 amide bonds. The number of carbonyl (C=O) groups is 1. The van der Waals surface area contributed by atoms with Crippen LogP contribution in [0.3, 0.4) is 0 Å². The van der Waals surface area contributed by atoms with Crippen LogP contribution in [0.2, 0.25) is 0 Å². The molecule has 0 spiro atoms. The second kappa shape index (κ2) is 5.09. The van der Waals surface area contributed by atoms with Gasteiger partial charge in [0.15, 0.2) is 0 Å². The number of carboxylic acids is 1. The van der Waals surface area contributed by atoms with Crippen molar-refractivity contribution in [2.45, 2.75) is 46.6 Å². The summed E-state index contributed by atoms with van der Waals surface area (Å²) in [7, 11) is 0. The lowest BCUT2D eigenvalue weighted by Gasteiger charge is -2.26. The summed E-state index contributed by atoms with van der Waals surface area (Å²) in [6.45, 7) is 6.58. The van der Waals surface area contributed by atoms with Gasteiger partial charge in [0.05, 0.1) is 5.41 Å². The largest absolute Gasteiger partial charge is 0.481 e. The summed E-state index contributed by atoms with van der Waals surface area (Å²) in [6.07, 6.45) is 3.31. The Bertz CT molecular complexity index is 356. The number of hydrogen-bond acceptors (Lipinski definition) is 3. The summed E-state index contributed by atoms with van der Waals surface area (Å²) >= 11 is 0. The minimum atomic E-state index is -0.747. The maximum absolute atomic E-state index is 11.4. The molecule has 0 radical (unpaired) electrons. The van der Waals surface area contributed by atoms with Gasteiger partial charge in [-0.15, -0.1) is 10.2 Å². The highest BCUT2D eigenvalue weighted by Crippen LogP contribution is 2.30. The summed E-state index contributed by atoms with van der Waals surface area (Å²) in [5, 5.41) is 17.2. The number of nitrogens with zero attached hydrogens (tertiary/aromatic N) is 3. The molecule has 0 aliphatic carbocycles. The van der Waals surface area contributed by atoms with E-state index in [0.717, 1.165) is 12.4 Å². The Hall–Kier alpha value is -1.39. The molecule has 1 rings (SSSR count). The molecule has 0 saturated heterocycles. The van der Waals surface area contributed by atoms with Crippen molar-refractivity contribution < 1.29 is 9.90 Å². The van der Waals surface area contributed by atoms with Crippen molar-refractivity contribution in [3.8, 4) is 0 Å². The van der Waals surface area contributed by atoms with E-state index in [1.807, 2.05) is 25.3 Å². The summed E-state index contributed by atoms with van der Waals surface area (Å²) in [5.41, 5.74) is -0.708. The molecular formula is C11H19N3O2. The predicted octanol–water partition coefficient (Wildman–Crippen LogP) is 1.73. The minimum absolute atomic E-state index is 0.448. The Morgan fingerprint density at radius 1 is 1.44 bits per heavy atom. The molecule has 90 valence electrons. The normalized spacial score (nSPS) is 11.7. The van der Waals surface area contributed by atoms with Crippen LogP contribution in [-0.2, 0) is 17.8 Å². The molecule has 5 nitrogen and oxygen atoms in total. The second-order valence-corrected chi connectivity index (χ2v) is 4.00. The average molecular weight is 225 g/mol. The summed E-state index contributed by atoms with van der Waals surface area (Å²) in [5.74, 6) is 0.0109. The third-order valence-corrected chi connectivity index (χ3v) is 3.34. The fraction of sp³-hybridized carbons (Fsp3) is 0.727. The molecule has 16 heavy (non-hydrogen) atoms. The third kappa shape index (κ3) is 2.23. The standard InChI is InChI=1S/C11H19N3O2/c1-4-11(5-2,10(15)16)7-9-13-12-8-14(9)6-3/h8H,4-7H2,1-3H3,(H,15,16). The van der Waals surface area contributed by atoms with E-state index in [-0.39, 0.29) is 0 Å². The maximum atomic E-state index is 11.4. The van der Waals surface area contributed by atoms with Crippen LogP contribution in [0.5, 0.6) is 0 Å². The van der Waals surface area contributed by atoms with E-state index >= 15 is 0 Å². The van der Waals surface area contributed by atoms with Gasteiger partial charge in [-0.3, -0.25) is 4.79 Å². The number of aromatic nitrogens is 3. The van der Waals surface area contributed by atoms with E-state index < -0.39 is 11.4 Å². The number of carboxylic acid groups (broad SMARTS) is 1. The van der Waals surface area contributed by atoms with Crippen LogP contribution in [-0.4, -0.2) is 25.8 Å². The molecule has 5 heteroatoms. The van der Waals surface area contributed by atoms with Crippen LogP contribution in [0, 0.1) is 5.41 Å². The van der Waals surface area contributed by atoms with Crippen LogP contribution in [0.1, 0.15) is 39.4 Å². The zero-order valence-corrected chi connectivity index (χ0v) is 10.1. The van der Waals surface area contributed by atoms with Gasteiger partial charge < -0.3 is 9.67 Å². The van der Waals surface area contributed by atoms with Crippen molar-refractivity contribution >= 4 is 5.97 Å². The van der Waals surface area contributed by atoms with E-state index in [1.54, 1.807) is 6.33 Å². The Morgan fingerprint density at radius 3 is 2.50 bits per heavy atom. The van der Waals surface area contributed by atoms with Gasteiger partial charge in [-0.25, -0.2) is 0 Å². The molecule has 0 unspecified atom stereocenters. The molecule has 1 aromatic rings. The topological polar surface area (TPSA) is 68.0 Å². The molecule has 0 aliphatic rings. The van der Waals surface area contributed by atoms with E-state index in [1.165, 1.54) is 0 Å². The van der Waals surface area contributed by atoms with Crippen LogP contribution < -0.4 is 0 Å². The van der Waals surface area contributed by atoms with Gasteiger partial charge in [0.1, 0.15) is 12.2 Å². The monoisotopic (exact) mass is 225 g/mol. The molecule has 0 aliphatic heterocycles. The lowest BCUT2D eigenvalue weighted by atomic mass is 9.79. The first-order valence-corrected chi connectivity index (χ1v) is 5.69. The molecule has 0 aromatic carbocycles. The van der Waals surface area contributed by atoms with E-state index in [9.17, 15) is 9.90 Å². The smallest absolute Gasteiger partial charge is 0.310 e. The first-order valence-electron chi connectivity index (χ1n) is 5.69. The Morgan fingerprint density at radius 2 is 2.06 bits per heavy atom. The average Bonchev–Trinajstić information content (AvgIpc) is 2.72. The van der Waals surface area contributed by atoms with Crippen molar-refractivity contribution in [2.24, 2.45) is 5.41 Å². The maximum Gasteiger partial charge on any atom is 0.310 e. The molecule has 1 heterocycles. The third-order valence-electron chi connectivity index (χ3n) is 3.34. The first kappa shape index (κ1) is 12.7. The van der Waals surface area contributed by atoms with Crippen molar-refractivity contribution in [1.82, 2.24) is 14.8 Å². The van der Waals surface area contributed by atoms with Gasteiger partial charge in [-0.05, 0) is 19.8 Å². The Balaban J connectivity index is 2.96. The van der Waals surface area contributed by atoms with Crippen LogP contribution in [0.4, 0.5) is 0 Å². The van der Waals surface area contributed by atoms with Crippen molar-refractivity contribution in [2.75, 3.05) is 0 Å². The summed E-state index contributed by atoms with van der Waals surface area (Å²) < 4.78 is 1.89. The molecular weight excluding hydrogens is 206 g/mol. The molecule has 0 fully saturated rings.